The fourth-order valence-corrected chi connectivity index (χ4v) is 4.44. The van der Waals surface area contributed by atoms with Gasteiger partial charge in [0, 0.05) is 43.3 Å². The van der Waals surface area contributed by atoms with Crippen molar-refractivity contribution in [3.05, 3.63) is 64.9 Å². The standard InChI is InChI=1S/C17H18ClFN2O2S/c18-16-7-4-8-17(19)15(16)13-20-9-11-21(12-10-20)24(22,23)14-5-2-1-3-6-14/h1-8H,9-13H2. The lowest BCUT2D eigenvalue weighted by atomic mass is 10.2. The second-order valence-corrected chi connectivity index (χ2v) is 8.04. The molecule has 0 spiro atoms. The molecule has 0 bridgehead atoms. The van der Waals surface area contributed by atoms with Gasteiger partial charge in [-0.25, -0.2) is 12.8 Å². The lowest BCUT2D eigenvalue weighted by Gasteiger charge is -2.34. The van der Waals surface area contributed by atoms with Crippen LogP contribution in [-0.4, -0.2) is 43.8 Å². The number of rotatable bonds is 4. The molecule has 1 saturated heterocycles. The molecular weight excluding hydrogens is 351 g/mol. The molecule has 0 atom stereocenters. The average molecular weight is 369 g/mol. The number of piperazine rings is 1. The zero-order valence-corrected chi connectivity index (χ0v) is 14.6. The molecule has 128 valence electrons. The summed E-state index contributed by atoms with van der Waals surface area (Å²) in [5.41, 5.74) is 0.457. The van der Waals surface area contributed by atoms with Gasteiger partial charge in [-0.05, 0) is 24.3 Å². The van der Waals surface area contributed by atoms with Crippen LogP contribution < -0.4 is 0 Å². The fraction of sp³-hybridized carbons (Fsp3) is 0.294. The Morgan fingerprint density at radius 2 is 1.62 bits per heavy atom. The summed E-state index contributed by atoms with van der Waals surface area (Å²) in [6.07, 6.45) is 0. The lowest BCUT2D eigenvalue weighted by molar-refractivity contribution is 0.180. The third-order valence-electron chi connectivity index (χ3n) is 4.16. The van der Waals surface area contributed by atoms with E-state index in [0.29, 0.717) is 48.2 Å². The predicted molar refractivity (Wildman–Crippen MR) is 91.9 cm³/mol. The van der Waals surface area contributed by atoms with Crippen LogP contribution in [0.5, 0.6) is 0 Å². The van der Waals surface area contributed by atoms with Crippen LogP contribution in [0.25, 0.3) is 0 Å². The first kappa shape index (κ1) is 17.4. The van der Waals surface area contributed by atoms with Crippen LogP contribution in [0.3, 0.4) is 0 Å². The zero-order chi connectivity index (χ0) is 17.2. The third kappa shape index (κ3) is 3.62. The highest BCUT2D eigenvalue weighted by Gasteiger charge is 2.28. The van der Waals surface area contributed by atoms with Crippen LogP contribution in [0.4, 0.5) is 4.39 Å². The average Bonchev–Trinajstić information content (AvgIpc) is 2.59. The van der Waals surface area contributed by atoms with Crippen molar-refractivity contribution in [2.75, 3.05) is 26.2 Å². The Bertz CT molecular complexity index is 786. The molecule has 0 aromatic heterocycles. The van der Waals surface area contributed by atoms with E-state index in [-0.39, 0.29) is 5.82 Å². The Morgan fingerprint density at radius 1 is 0.958 bits per heavy atom. The van der Waals surface area contributed by atoms with E-state index in [1.54, 1.807) is 42.5 Å². The molecule has 0 saturated carbocycles. The van der Waals surface area contributed by atoms with Crippen molar-refractivity contribution in [2.24, 2.45) is 0 Å². The van der Waals surface area contributed by atoms with E-state index in [1.165, 1.54) is 10.4 Å². The van der Waals surface area contributed by atoms with Gasteiger partial charge in [-0.1, -0.05) is 35.9 Å². The fourth-order valence-electron chi connectivity index (χ4n) is 2.78. The summed E-state index contributed by atoms with van der Waals surface area (Å²) in [5.74, 6) is -0.332. The van der Waals surface area contributed by atoms with Gasteiger partial charge in [0.2, 0.25) is 10.0 Å². The molecule has 24 heavy (non-hydrogen) atoms. The van der Waals surface area contributed by atoms with Crippen molar-refractivity contribution in [1.82, 2.24) is 9.21 Å². The normalized spacial score (nSPS) is 17.1. The minimum absolute atomic E-state index is 0.301. The van der Waals surface area contributed by atoms with Crippen LogP contribution in [0, 0.1) is 5.82 Å². The summed E-state index contributed by atoms with van der Waals surface area (Å²) in [7, 11) is -3.47. The number of sulfonamides is 1. The molecule has 1 fully saturated rings. The monoisotopic (exact) mass is 368 g/mol. The van der Waals surface area contributed by atoms with E-state index in [1.807, 2.05) is 4.90 Å². The maximum Gasteiger partial charge on any atom is 0.243 e. The first-order valence-electron chi connectivity index (χ1n) is 7.69. The van der Waals surface area contributed by atoms with Gasteiger partial charge in [0.1, 0.15) is 5.82 Å². The van der Waals surface area contributed by atoms with Crippen molar-refractivity contribution in [2.45, 2.75) is 11.4 Å². The summed E-state index contributed by atoms with van der Waals surface area (Å²) in [6.45, 7) is 2.21. The van der Waals surface area contributed by atoms with Crippen LogP contribution in [0.2, 0.25) is 5.02 Å². The molecule has 4 nitrogen and oxygen atoms in total. The molecule has 1 aliphatic heterocycles. The van der Waals surface area contributed by atoms with Gasteiger partial charge < -0.3 is 0 Å². The van der Waals surface area contributed by atoms with Gasteiger partial charge in [-0.3, -0.25) is 4.90 Å². The number of benzene rings is 2. The van der Waals surface area contributed by atoms with Crippen LogP contribution in [0.15, 0.2) is 53.4 Å². The first-order chi connectivity index (χ1) is 11.5. The quantitative estimate of drug-likeness (QED) is 0.833. The van der Waals surface area contributed by atoms with Gasteiger partial charge in [-0.2, -0.15) is 4.31 Å². The molecule has 1 aliphatic rings. The zero-order valence-electron chi connectivity index (χ0n) is 13.0. The molecule has 2 aromatic rings. The lowest BCUT2D eigenvalue weighted by Crippen LogP contribution is -2.48. The van der Waals surface area contributed by atoms with Crippen molar-refractivity contribution in [3.8, 4) is 0 Å². The van der Waals surface area contributed by atoms with Gasteiger partial charge in [0.25, 0.3) is 0 Å². The van der Waals surface area contributed by atoms with Crippen molar-refractivity contribution >= 4 is 21.6 Å². The summed E-state index contributed by atoms with van der Waals surface area (Å²) in [6, 6.07) is 13.0. The Hall–Kier alpha value is -1.47. The van der Waals surface area contributed by atoms with E-state index in [9.17, 15) is 12.8 Å². The summed E-state index contributed by atoms with van der Waals surface area (Å²) >= 11 is 6.06. The van der Waals surface area contributed by atoms with Crippen molar-refractivity contribution in [3.63, 3.8) is 0 Å². The number of halogens is 2. The van der Waals surface area contributed by atoms with Crippen molar-refractivity contribution < 1.29 is 12.8 Å². The van der Waals surface area contributed by atoms with E-state index in [0.717, 1.165) is 0 Å². The number of hydrogen-bond donors (Lipinski definition) is 0. The maximum atomic E-state index is 13.9. The van der Waals surface area contributed by atoms with Crippen LogP contribution >= 0.6 is 11.6 Å². The maximum absolute atomic E-state index is 13.9. The molecule has 0 radical (unpaired) electrons. The summed E-state index contributed by atoms with van der Waals surface area (Å²) < 4.78 is 40.5. The molecule has 1 heterocycles. The summed E-state index contributed by atoms with van der Waals surface area (Å²) in [5, 5.41) is 0.398. The van der Waals surface area contributed by atoms with E-state index in [4.69, 9.17) is 11.6 Å². The Labute approximate surface area is 146 Å². The second-order valence-electron chi connectivity index (χ2n) is 5.69. The Balaban J connectivity index is 1.66. The highest BCUT2D eigenvalue weighted by atomic mass is 35.5. The van der Waals surface area contributed by atoms with E-state index < -0.39 is 10.0 Å². The molecule has 0 amide bonds. The molecule has 0 unspecified atom stereocenters. The highest BCUT2D eigenvalue weighted by Crippen LogP contribution is 2.22. The molecule has 7 heteroatoms. The smallest absolute Gasteiger partial charge is 0.243 e. The van der Waals surface area contributed by atoms with E-state index >= 15 is 0 Å². The van der Waals surface area contributed by atoms with Gasteiger partial charge in [0.15, 0.2) is 0 Å². The van der Waals surface area contributed by atoms with Gasteiger partial charge >= 0.3 is 0 Å². The first-order valence-corrected chi connectivity index (χ1v) is 9.51. The third-order valence-corrected chi connectivity index (χ3v) is 6.42. The molecule has 3 rings (SSSR count). The van der Waals surface area contributed by atoms with Crippen LogP contribution in [0.1, 0.15) is 5.56 Å². The second kappa shape index (κ2) is 7.19. The summed E-state index contributed by atoms with van der Waals surface area (Å²) in [4.78, 5) is 2.32. The number of hydrogen-bond acceptors (Lipinski definition) is 3. The Kier molecular flexibility index (Phi) is 5.20. The minimum atomic E-state index is -3.47. The SMILES string of the molecule is O=S(=O)(c1ccccc1)N1CCN(Cc2c(F)cccc2Cl)CC1. The minimum Gasteiger partial charge on any atom is -0.296 e. The predicted octanol–water partition coefficient (Wildman–Crippen LogP) is 2.99. The molecule has 2 aromatic carbocycles. The van der Waals surface area contributed by atoms with Crippen LogP contribution in [-0.2, 0) is 16.6 Å². The van der Waals surface area contributed by atoms with Gasteiger partial charge in [0.05, 0.1) is 4.90 Å². The number of nitrogens with zero attached hydrogens (tertiary/aromatic N) is 2. The van der Waals surface area contributed by atoms with Crippen molar-refractivity contribution in [1.29, 1.82) is 0 Å². The molecule has 0 N–H and O–H groups in total. The molecule has 0 aliphatic carbocycles. The highest BCUT2D eigenvalue weighted by molar-refractivity contribution is 7.89. The largest absolute Gasteiger partial charge is 0.296 e. The van der Waals surface area contributed by atoms with Gasteiger partial charge in [-0.15, -0.1) is 0 Å². The molecular formula is C17H18ClFN2O2S. The topological polar surface area (TPSA) is 40.6 Å². The Morgan fingerprint density at radius 3 is 2.25 bits per heavy atom. The van der Waals surface area contributed by atoms with E-state index in [2.05, 4.69) is 0 Å².